The zero-order valence-electron chi connectivity index (χ0n) is 43.4. The van der Waals surface area contributed by atoms with Crippen molar-refractivity contribution in [3.8, 4) is 34.5 Å². The zero-order chi connectivity index (χ0) is 52.3. The molecule has 0 radical (unpaired) electrons. The number of rotatable bonds is 8. The highest BCUT2D eigenvalue weighted by Crippen LogP contribution is 2.49. The van der Waals surface area contributed by atoms with Crippen molar-refractivity contribution >= 4 is 46.1 Å². The molecule has 0 aliphatic carbocycles. The Bertz CT molecular complexity index is 2470. The Kier molecular flexibility index (Phi) is 20.7. The number of ether oxygens (including phenoxy) is 12. The molecule has 0 unspecified atom stereocenters. The summed E-state index contributed by atoms with van der Waals surface area (Å²) >= 11 is 0. The molecule has 8 rings (SSSR count). The van der Waals surface area contributed by atoms with Gasteiger partial charge in [-0.05, 0) is 125 Å². The molecule has 2 heterocycles. The van der Waals surface area contributed by atoms with Crippen LogP contribution in [0, 0.1) is 0 Å². The number of fused-ring (bicyclic) bond motifs is 4. The van der Waals surface area contributed by atoms with E-state index in [-0.39, 0.29) is 50.8 Å². The number of benzene rings is 6. The molecule has 0 saturated carbocycles. The average molecular weight is 1070 g/mol. The van der Waals surface area contributed by atoms with Crippen LogP contribution < -0.4 is 60.2 Å². The Morgan fingerprint density at radius 1 is 0.373 bits per heavy atom. The molecule has 0 saturated heterocycles. The van der Waals surface area contributed by atoms with Crippen LogP contribution in [0.2, 0.25) is 0 Å². The Balaban J connectivity index is 0.967. The Hall–Kier alpha value is -5.66. The van der Waals surface area contributed by atoms with Crippen LogP contribution in [0.1, 0.15) is 34.1 Å². The molecule has 0 bridgehead atoms. The maximum Gasteiger partial charge on any atom is 0.178 e. The van der Waals surface area contributed by atoms with Crippen LogP contribution in [0.4, 0.5) is 0 Å². The predicted octanol–water partition coefficient (Wildman–Crippen LogP) is 8.01. The zero-order valence-corrected chi connectivity index (χ0v) is 45.2. The Morgan fingerprint density at radius 2 is 0.640 bits per heavy atom. The third kappa shape index (κ3) is 14.8. The Morgan fingerprint density at radius 3 is 0.920 bits per heavy atom. The lowest BCUT2D eigenvalue weighted by Gasteiger charge is -2.26. The molecule has 75 heavy (non-hydrogen) atoms. The molecule has 2 aliphatic rings. The minimum absolute atomic E-state index is 0.242. The summed E-state index contributed by atoms with van der Waals surface area (Å²) in [5.41, 5.74) is 0. The minimum Gasteiger partial charge on any atom is -0.493 e. The van der Waals surface area contributed by atoms with Gasteiger partial charge in [-0.2, -0.15) is 0 Å². The van der Waals surface area contributed by atoms with E-state index in [1.165, 1.54) is 0 Å². The highest BCUT2D eigenvalue weighted by molar-refractivity contribution is 7.86. The summed E-state index contributed by atoms with van der Waals surface area (Å²) in [7, 11) is -7.26. The first-order valence-electron chi connectivity index (χ1n) is 25.8. The summed E-state index contributed by atoms with van der Waals surface area (Å²) in [6.07, 6.45) is -0.399. The summed E-state index contributed by atoms with van der Waals surface area (Å²) in [5.74, 6) is 3.21. The van der Waals surface area contributed by atoms with Gasteiger partial charge in [0.2, 0.25) is 0 Å². The summed E-state index contributed by atoms with van der Waals surface area (Å²) in [6, 6.07) is 44.5. The van der Waals surface area contributed by atoms with Crippen molar-refractivity contribution in [1.29, 1.82) is 0 Å². The number of hydrogen-bond acceptors (Lipinski definition) is 14. The quantitative estimate of drug-likeness (QED) is 0.107. The average Bonchev–Trinajstić information content (AvgIpc) is 3.45. The van der Waals surface area contributed by atoms with Crippen LogP contribution in [0.5, 0.6) is 34.5 Å². The van der Waals surface area contributed by atoms with Crippen molar-refractivity contribution in [2.75, 3.05) is 92.5 Å². The van der Waals surface area contributed by atoms with E-state index >= 15 is 9.13 Å². The van der Waals surface area contributed by atoms with Crippen molar-refractivity contribution in [1.82, 2.24) is 0 Å². The first kappa shape index (κ1) is 55.6. The van der Waals surface area contributed by atoms with Gasteiger partial charge in [-0.1, -0.05) is 48.5 Å². The standard InChI is InChI=1S/C59H70O14P2/c1-44-40-70-52-14-5-9-18-56(52)74(60,57-19-10-6-15-53(57)71-41-45(2)65-37-33-62-32-36-64-44)50-26-22-48(23-27-50)68-30-13-31-69-49-24-28-51(29-25-49)75(61)58-20-11-7-16-54(58)72-42-46(3)66-38-34-63-35-39-67-47(4)43-73-55-17-8-12-21-59(55)75/h5-12,14-29,44-47H,13,30-43H2,1-4H3/t44-,45-,46-,47-/m0/s1. The van der Waals surface area contributed by atoms with Crippen molar-refractivity contribution < 1.29 is 66.0 Å². The van der Waals surface area contributed by atoms with Gasteiger partial charge in [-0.15, -0.1) is 0 Å². The SMILES string of the molecule is C[C@H]1COc2ccccc2P(=O)(c2ccc(OCCCOc3ccc(P4(=O)c5ccccc5OC[C@H](C)OCCOCCO[C@@H](C)COc5ccccc54)cc3)cc2)c2ccccc2OC[C@H](C)OCCOCCO1. The van der Waals surface area contributed by atoms with E-state index in [9.17, 15) is 0 Å². The lowest BCUT2D eigenvalue weighted by atomic mass is 10.3. The lowest BCUT2D eigenvalue weighted by molar-refractivity contribution is -0.0334. The second-order valence-corrected chi connectivity index (χ2v) is 23.7. The maximum absolute atomic E-state index is 16.1. The maximum atomic E-state index is 16.1. The van der Waals surface area contributed by atoms with Gasteiger partial charge in [0.05, 0.1) is 112 Å². The second kappa shape index (κ2) is 27.9. The van der Waals surface area contributed by atoms with E-state index in [0.717, 1.165) is 0 Å². The molecule has 6 aromatic carbocycles. The number of para-hydroxylation sites is 4. The van der Waals surface area contributed by atoms with Gasteiger partial charge in [-0.3, -0.25) is 0 Å². The van der Waals surface area contributed by atoms with Crippen molar-refractivity contribution in [2.24, 2.45) is 0 Å². The molecule has 0 aromatic heterocycles. The summed E-state index contributed by atoms with van der Waals surface area (Å²) in [5, 5.41) is 3.35. The second-order valence-electron chi connectivity index (χ2n) is 18.3. The van der Waals surface area contributed by atoms with Crippen LogP contribution in [-0.2, 0) is 37.6 Å². The topological polar surface area (TPSA) is 145 Å². The van der Waals surface area contributed by atoms with Gasteiger partial charge >= 0.3 is 0 Å². The van der Waals surface area contributed by atoms with Crippen LogP contribution in [0.3, 0.4) is 0 Å². The number of hydrogen-bond donors (Lipinski definition) is 0. The summed E-state index contributed by atoms with van der Waals surface area (Å²) in [4.78, 5) is 0. The normalized spacial score (nSPS) is 21.3. The molecule has 0 fully saturated rings. The molecule has 0 spiro atoms. The van der Waals surface area contributed by atoms with Gasteiger partial charge in [0.25, 0.3) is 0 Å². The smallest absolute Gasteiger partial charge is 0.178 e. The van der Waals surface area contributed by atoms with Crippen LogP contribution in [-0.4, -0.2) is 117 Å². The molecule has 4 atom stereocenters. The molecule has 0 N–H and O–H groups in total. The Labute approximate surface area is 441 Å². The molecule has 6 aromatic rings. The molecule has 2 aliphatic heterocycles. The molecular weight excluding hydrogens is 995 g/mol. The van der Waals surface area contributed by atoms with E-state index in [4.69, 9.17) is 56.8 Å². The minimum atomic E-state index is -3.63. The van der Waals surface area contributed by atoms with E-state index in [1.807, 2.05) is 173 Å². The van der Waals surface area contributed by atoms with E-state index in [1.54, 1.807) is 0 Å². The van der Waals surface area contributed by atoms with Crippen LogP contribution in [0.15, 0.2) is 146 Å². The van der Waals surface area contributed by atoms with Crippen LogP contribution >= 0.6 is 14.3 Å². The molecule has 400 valence electrons. The highest BCUT2D eigenvalue weighted by atomic mass is 31.2. The fourth-order valence-electron chi connectivity index (χ4n) is 8.57. The van der Waals surface area contributed by atoms with Gasteiger partial charge < -0.3 is 66.0 Å². The largest absolute Gasteiger partial charge is 0.493 e. The first-order valence-corrected chi connectivity index (χ1v) is 29.2. The lowest BCUT2D eigenvalue weighted by Crippen LogP contribution is -2.30. The van der Waals surface area contributed by atoms with E-state index in [0.29, 0.717) is 139 Å². The third-order valence-corrected chi connectivity index (χ3v) is 18.7. The van der Waals surface area contributed by atoms with Gasteiger partial charge in [-0.25, -0.2) is 0 Å². The van der Waals surface area contributed by atoms with Gasteiger partial charge in [0, 0.05) is 17.0 Å². The fraction of sp³-hybridized carbons (Fsp3) is 0.390. The molecule has 0 amide bonds. The monoisotopic (exact) mass is 1060 g/mol. The van der Waals surface area contributed by atoms with Gasteiger partial charge in [0.1, 0.15) is 60.9 Å². The van der Waals surface area contributed by atoms with Crippen LogP contribution in [0.25, 0.3) is 0 Å². The molecular formula is C59H70O14P2. The molecule has 16 heteroatoms. The van der Waals surface area contributed by atoms with Crippen molar-refractivity contribution in [2.45, 2.75) is 58.5 Å². The summed E-state index contributed by atoms with van der Waals surface area (Å²) in [6.45, 7) is 12.8. The van der Waals surface area contributed by atoms with Crippen molar-refractivity contribution in [3.63, 3.8) is 0 Å². The van der Waals surface area contributed by atoms with E-state index in [2.05, 4.69) is 0 Å². The fourth-order valence-corrected chi connectivity index (χ4v) is 14.3. The third-order valence-electron chi connectivity index (χ3n) is 12.5. The predicted molar refractivity (Wildman–Crippen MR) is 293 cm³/mol. The summed E-state index contributed by atoms with van der Waals surface area (Å²) < 4.78 is 105. The van der Waals surface area contributed by atoms with E-state index < -0.39 is 14.3 Å². The van der Waals surface area contributed by atoms with Crippen molar-refractivity contribution in [3.05, 3.63) is 146 Å². The highest BCUT2D eigenvalue weighted by Gasteiger charge is 2.37. The first-order chi connectivity index (χ1) is 36.6. The molecule has 14 nitrogen and oxygen atoms in total. The van der Waals surface area contributed by atoms with Gasteiger partial charge in [0.15, 0.2) is 14.3 Å².